The van der Waals surface area contributed by atoms with E-state index in [0.717, 1.165) is 37.5 Å². The van der Waals surface area contributed by atoms with Crippen LogP contribution in [0.1, 0.15) is 44.0 Å². The van der Waals surface area contributed by atoms with Gasteiger partial charge in [-0.1, -0.05) is 36.4 Å². The van der Waals surface area contributed by atoms with Crippen molar-refractivity contribution >= 4 is 40.5 Å². The molecule has 1 saturated heterocycles. The predicted molar refractivity (Wildman–Crippen MR) is 124 cm³/mol. The Balaban J connectivity index is 1.45. The van der Waals surface area contributed by atoms with E-state index in [9.17, 15) is 9.59 Å². The Morgan fingerprint density at radius 1 is 1.00 bits per heavy atom. The number of carbonyl (C=O) groups is 2. The molecule has 0 saturated carbocycles. The van der Waals surface area contributed by atoms with E-state index in [1.54, 1.807) is 30.3 Å². The zero-order valence-corrected chi connectivity index (χ0v) is 18.1. The van der Waals surface area contributed by atoms with Crippen LogP contribution >= 0.6 is 23.1 Å². The summed E-state index contributed by atoms with van der Waals surface area (Å²) in [6.45, 7) is 1.69. The molecule has 1 N–H and O–H groups in total. The van der Waals surface area contributed by atoms with Crippen molar-refractivity contribution in [2.24, 2.45) is 0 Å². The highest BCUT2D eigenvalue weighted by atomic mass is 32.2. The normalized spacial score (nSPS) is 14.4. The van der Waals surface area contributed by atoms with Crippen LogP contribution in [0.4, 0.5) is 5.69 Å². The van der Waals surface area contributed by atoms with Crippen molar-refractivity contribution in [2.45, 2.75) is 23.8 Å². The largest absolute Gasteiger partial charge is 0.381 e. The number of ether oxygens (including phenoxy) is 1. The Bertz CT molecular complexity index is 1010. The van der Waals surface area contributed by atoms with E-state index in [1.807, 2.05) is 41.4 Å². The molecule has 154 valence electrons. The summed E-state index contributed by atoms with van der Waals surface area (Å²) in [5.74, 6) is 0.504. The predicted octanol–water partition coefficient (Wildman–Crippen LogP) is 5.64. The van der Waals surface area contributed by atoms with Gasteiger partial charge in [0.05, 0.1) is 10.4 Å². The molecule has 0 bridgehead atoms. The van der Waals surface area contributed by atoms with E-state index < -0.39 is 0 Å². The molecule has 0 aliphatic carbocycles. The highest BCUT2D eigenvalue weighted by Crippen LogP contribution is 2.27. The average Bonchev–Trinajstić information content (AvgIpc) is 3.33. The third kappa shape index (κ3) is 5.19. The Morgan fingerprint density at radius 3 is 2.57 bits per heavy atom. The van der Waals surface area contributed by atoms with Crippen LogP contribution in [-0.4, -0.2) is 30.2 Å². The third-order valence-corrected chi connectivity index (χ3v) is 7.31. The summed E-state index contributed by atoms with van der Waals surface area (Å²) in [5, 5.41) is 5.45. The fourth-order valence-electron chi connectivity index (χ4n) is 3.41. The molecule has 1 aliphatic heterocycles. The van der Waals surface area contributed by atoms with E-state index >= 15 is 0 Å². The van der Waals surface area contributed by atoms with Crippen molar-refractivity contribution < 1.29 is 14.3 Å². The molecule has 0 radical (unpaired) electrons. The summed E-state index contributed by atoms with van der Waals surface area (Å²) in [6.07, 6.45) is 2.19. The highest BCUT2D eigenvalue weighted by molar-refractivity contribution is 7.99. The maximum absolute atomic E-state index is 12.9. The number of amides is 1. The second-order valence-corrected chi connectivity index (χ2v) is 9.37. The molecule has 30 heavy (non-hydrogen) atoms. The number of thiophene rings is 1. The number of benzene rings is 2. The standard InChI is InChI=1S/C24H23NO3S2/c26-23(22-9-4-14-29-22)20-7-1-2-8-21(20)24(27)25-18-6-3-5-17(15-18)16-30-19-10-12-28-13-11-19/h1-9,14-15,19H,10-13,16H2,(H,25,27). The molecule has 1 amide bonds. The van der Waals surface area contributed by atoms with Crippen LogP contribution in [0.25, 0.3) is 0 Å². The maximum atomic E-state index is 12.9. The summed E-state index contributed by atoms with van der Waals surface area (Å²) < 4.78 is 5.42. The summed E-state index contributed by atoms with van der Waals surface area (Å²) in [5.41, 5.74) is 2.72. The van der Waals surface area contributed by atoms with Gasteiger partial charge in [0.15, 0.2) is 0 Å². The first-order valence-corrected chi connectivity index (χ1v) is 11.9. The SMILES string of the molecule is O=C(Nc1cccc(CSC2CCOCC2)c1)c1ccccc1C(=O)c1cccs1. The number of carbonyl (C=O) groups excluding carboxylic acids is 2. The van der Waals surface area contributed by atoms with Gasteiger partial charge in [0.1, 0.15) is 0 Å². The highest BCUT2D eigenvalue weighted by Gasteiger charge is 2.19. The number of ketones is 1. The lowest BCUT2D eigenvalue weighted by Gasteiger charge is -2.21. The van der Waals surface area contributed by atoms with Gasteiger partial charge in [-0.3, -0.25) is 9.59 Å². The molecule has 4 nitrogen and oxygen atoms in total. The zero-order chi connectivity index (χ0) is 20.8. The molecule has 2 aromatic carbocycles. The summed E-state index contributed by atoms with van der Waals surface area (Å²) in [7, 11) is 0. The van der Waals surface area contributed by atoms with Gasteiger partial charge < -0.3 is 10.1 Å². The molecule has 1 aliphatic rings. The van der Waals surface area contributed by atoms with Crippen LogP contribution in [0.5, 0.6) is 0 Å². The summed E-state index contributed by atoms with van der Waals surface area (Å²) in [6, 6.07) is 18.5. The molecule has 0 spiro atoms. The monoisotopic (exact) mass is 437 g/mol. The fourth-order valence-corrected chi connectivity index (χ4v) is 5.22. The number of thioether (sulfide) groups is 1. The fraction of sp³-hybridized carbons (Fsp3) is 0.250. The number of anilines is 1. The van der Waals surface area contributed by atoms with Crippen LogP contribution < -0.4 is 5.32 Å². The van der Waals surface area contributed by atoms with Crippen LogP contribution in [-0.2, 0) is 10.5 Å². The second-order valence-electron chi connectivity index (χ2n) is 7.13. The Labute approximate surface area is 184 Å². The van der Waals surface area contributed by atoms with E-state index in [4.69, 9.17) is 4.74 Å². The van der Waals surface area contributed by atoms with Gasteiger partial charge in [0.2, 0.25) is 5.78 Å². The van der Waals surface area contributed by atoms with Crippen LogP contribution in [0.3, 0.4) is 0 Å². The van der Waals surface area contributed by atoms with Crippen molar-refractivity contribution in [1.29, 1.82) is 0 Å². The van der Waals surface area contributed by atoms with Crippen molar-refractivity contribution in [3.63, 3.8) is 0 Å². The molecule has 2 heterocycles. The van der Waals surface area contributed by atoms with E-state index in [-0.39, 0.29) is 11.7 Å². The molecule has 0 unspecified atom stereocenters. The summed E-state index contributed by atoms with van der Waals surface area (Å²) >= 11 is 3.32. The molecule has 6 heteroatoms. The number of hydrogen-bond acceptors (Lipinski definition) is 5. The van der Waals surface area contributed by atoms with E-state index in [0.29, 0.717) is 21.3 Å². The zero-order valence-electron chi connectivity index (χ0n) is 16.5. The first-order valence-electron chi connectivity index (χ1n) is 9.97. The third-order valence-electron chi connectivity index (χ3n) is 5.00. The average molecular weight is 438 g/mol. The first kappa shape index (κ1) is 20.8. The molecule has 0 atom stereocenters. The number of hydrogen-bond donors (Lipinski definition) is 1. The van der Waals surface area contributed by atoms with Crippen molar-refractivity contribution in [3.8, 4) is 0 Å². The minimum atomic E-state index is -0.273. The Kier molecular flexibility index (Phi) is 7.00. The molecule has 1 fully saturated rings. The van der Waals surface area contributed by atoms with Crippen LogP contribution in [0.15, 0.2) is 66.0 Å². The molecular weight excluding hydrogens is 414 g/mol. The van der Waals surface area contributed by atoms with Gasteiger partial charge in [-0.05, 0) is 48.1 Å². The molecule has 3 aromatic rings. The van der Waals surface area contributed by atoms with Gasteiger partial charge >= 0.3 is 0 Å². The minimum Gasteiger partial charge on any atom is -0.381 e. The Hall–Kier alpha value is -2.41. The van der Waals surface area contributed by atoms with Gasteiger partial charge in [-0.2, -0.15) is 11.8 Å². The lowest BCUT2D eigenvalue weighted by Crippen LogP contribution is -2.17. The molecule has 1 aromatic heterocycles. The van der Waals surface area contributed by atoms with Crippen LogP contribution in [0, 0.1) is 0 Å². The lowest BCUT2D eigenvalue weighted by molar-refractivity contribution is 0.0997. The van der Waals surface area contributed by atoms with Gasteiger partial charge in [0, 0.05) is 35.5 Å². The number of rotatable bonds is 7. The number of nitrogens with one attached hydrogen (secondary N) is 1. The quantitative estimate of drug-likeness (QED) is 0.486. The van der Waals surface area contributed by atoms with E-state index in [1.165, 1.54) is 16.9 Å². The minimum absolute atomic E-state index is 0.127. The van der Waals surface area contributed by atoms with Gasteiger partial charge in [-0.15, -0.1) is 11.3 Å². The summed E-state index contributed by atoms with van der Waals surface area (Å²) in [4.78, 5) is 26.4. The van der Waals surface area contributed by atoms with Crippen molar-refractivity contribution in [2.75, 3.05) is 18.5 Å². The van der Waals surface area contributed by atoms with Gasteiger partial charge in [-0.25, -0.2) is 0 Å². The van der Waals surface area contributed by atoms with Gasteiger partial charge in [0.25, 0.3) is 5.91 Å². The topological polar surface area (TPSA) is 55.4 Å². The van der Waals surface area contributed by atoms with Crippen molar-refractivity contribution in [1.82, 2.24) is 0 Å². The van der Waals surface area contributed by atoms with E-state index in [2.05, 4.69) is 11.4 Å². The first-order chi connectivity index (χ1) is 14.7. The second kappa shape index (κ2) is 10.1. The van der Waals surface area contributed by atoms with Crippen molar-refractivity contribution in [3.05, 3.63) is 87.6 Å². The molecule has 4 rings (SSSR count). The Morgan fingerprint density at radius 2 is 1.80 bits per heavy atom. The van der Waals surface area contributed by atoms with Crippen LogP contribution in [0.2, 0.25) is 0 Å². The maximum Gasteiger partial charge on any atom is 0.256 e. The lowest BCUT2D eigenvalue weighted by atomic mass is 10.0. The smallest absolute Gasteiger partial charge is 0.256 e. The molecular formula is C24H23NO3S2.